The van der Waals surface area contributed by atoms with E-state index in [0.29, 0.717) is 12.2 Å². The van der Waals surface area contributed by atoms with E-state index in [9.17, 15) is 9.90 Å². The zero-order valence-corrected chi connectivity index (χ0v) is 11.3. The summed E-state index contributed by atoms with van der Waals surface area (Å²) >= 11 is 0. The van der Waals surface area contributed by atoms with Crippen molar-refractivity contribution in [3.63, 3.8) is 0 Å². The van der Waals surface area contributed by atoms with Crippen LogP contribution in [0.25, 0.3) is 10.9 Å². The van der Waals surface area contributed by atoms with Gasteiger partial charge in [-0.2, -0.15) is 5.10 Å². The van der Waals surface area contributed by atoms with Crippen LogP contribution < -0.4 is 5.32 Å². The van der Waals surface area contributed by atoms with Crippen LogP contribution in [0.15, 0.2) is 24.3 Å². The predicted molar refractivity (Wildman–Crippen MR) is 76.4 cm³/mol. The van der Waals surface area contributed by atoms with Gasteiger partial charge < -0.3 is 10.4 Å². The molecule has 0 bridgehead atoms. The van der Waals surface area contributed by atoms with Crippen LogP contribution in [0.2, 0.25) is 0 Å². The average Bonchev–Trinajstić information content (AvgIpc) is 2.90. The van der Waals surface area contributed by atoms with Gasteiger partial charge in [0, 0.05) is 17.8 Å². The maximum atomic E-state index is 12.2. The Bertz CT molecular complexity index is 608. The van der Waals surface area contributed by atoms with Gasteiger partial charge in [-0.1, -0.05) is 31.0 Å². The van der Waals surface area contributed by atoms with Gasteiger partial charge in [0.15, 0.2) is 5.69 Å². The van der Waals surface area contributed by atoms with E-state index in [1.54, 1.807) is 0 Å². The SMILES string of the molecule is O=C(NCC1CCCCC1O)c1n[nH]c2ccccc12. The number of para-hydroxylation sites is 1. The van der Waals surface area contributed by atoms with E-state index < -0.39 is 0 Å². The Morgan fingerprint density at radius 2 is 2.15 bits per heavy atom. The first kappa shape index (κ1) is 13.1. The molecule has 0 radical (unpaired) electrons. The molecule has 5 nitrogen and oxygen atoms in total. The summed E-state index contributed by atoms with van der Waals surface area (Å²) in [5.41, 5.74) is 1.28. The van der Waals surface area contributed by atoms with Crippen LogP contribution in [0.5, 0.6) is 0 Å². The Hall–Kier alpha value is -1.88. The van der Waals surface area contributed by atoms with Crippen LogP contribution in [-0.2, 0) is 0 Å². The fourth-order valence-electron chi connectivity index (χ4n) is 2.87. The third-order valence-electron chi connectivity index (χ3n) is 4.08. The molecule has 1 aromatic heterocycles. The first-order valence-corrected chi connectivity index (χ1v) is 7.15. The van der Waals surface area contributed by atoms with Gasteiger partial charge in [0.2, 0.25) is 0 Å². The number of nitrogens with zero attached hydrogens (tertiary/aromatic N) is 1. The number of aromatic amines is 1. The molecule has 1 aliphatic rings. The van der Waals surface area contributed by atoms with Crippen molar-refractivity contribution in [2.24, 2.45) is 5.92 Å². The highest BCUT2D eigenvalue weighted by molar-refractivity contribution is 6.04. The lowest BCUT2D eigenvalue weighted by Gasteiger charge is -2.27. The highest BCUT2D eigenvalue weighted by Gasteiger charge is 2.24. The maximum Gasteiger partial charge on any atom is 0.272 e. The normalized spacial score (nSPS) is 22.9. The molecule has 0 aliphatic heterocycles. The van der Waals surface area contributed by atoms with Crippen LogP contribution in [0.3, 0.4) is 0 Å². The molecule has 1 heterocycles. The number of benzene rings is 1. The molecule has 1 amide bonds. The summed E-state index contributed by atoms with van der Waals surface area (Å²) in [5, 5.41) is 20.6. The van der Waals surface area contributed by atoms with Gasteiger partial charge in [-0.25, -0.2) is 0 Å². The van der Waals surface area contributed by atoms with Crippen molar-refractivity contribution in [2.45, 2.75) is 31.8 Å². The van der Waals surface area contributed by atoms with Crippen molar-refractivity contribution in [3.8, 4) is 0 Å². The number of carbonyl (C=O) groups excluding carboxylic acids is 1. The molecular formula is C15H19N3O2. The van der Waals surface area contributed by atoms with E-state index >= 15 is 0 Å². The minimum absolute atomic E-state index is 0.165. The number of hydrogen-bond donors (Lipinski definition) is 3. The van der Waals surface area contributed by atoms with E-state index in [0.717, 1.165) is 36.6 Å². The van der Waals surface area contributed by atoms with Gasteiger partial charge >= 0.3 is 0 Å². The number of hydrogen-bond acceptors (Lipinski definition) is 3. The van der Waals surface area contributed by atoms with Gasteiger partial charge in [0.1, 0.15) is 0 Å². The highest BCUT2D eigenvalue weighted by atomic mass is 16.3. The molecule has 2 aromatic rings. The van der Waals surface area contributed by atoms with Crippen LogP contribution in [0.4, 0.5) is 0 Å². The summed E-state index contributed by atoms with van der Waals surface area (Å²) in [7, 11) is 0. The van der Waals surface area contributed by atoms with Crippen LogP contribution in [0, 0.1) is 5.92 Å². The zero-order valence-electron chi connectivity index (χ0n) is 11.3. The average molecular weight is 273 g/mol. The molecule has 20 heavy (non-hydrogen) atoms. The molecule has 1 saturated carbocycles. The Kier molecular flexibility index (Phi) is 3.69. The number of H-pyrrole nitrogens is 1. The van der Waals surface area contributed by atoms with E-state index in [1.165, 1.54) is 0 Å². The second-order valence-electron chi connectivity index (χ2n) is 5.44. The summed E-state index contributed by atoms with van der Waals surface area (Å²) in [6, 6.07) is 7.56. The molecular weight excluding hydrogens is 254 g/mol. The summed E-state index contributed by atoms with van der Waals surface area (Å²) in [5.74, 6) is -0.0156. The molecule has 0 spiro atoms. The Morgan fingerprint density at radius 1 is 1.35 bits per heavy atom. The largest absolute Gasteiger partial charge is 0.393 e. The molecule has 106 valence electrons. The summed E-state index contributed by atoms with van der Waals surface area (Å²) in [6.45, 7) is 0.515. The maximum absolute atomic E-state index is 12.2. The van der Waals surface area contributed by atoms with Crippen molar-refractivity contribution in [2.75, 3.05) is 6.54 Å². The van der Waals surface area contributed by atoms with Crippen molar-refractivity contribution >= 4 is 16.8 Å². The van der Waals surface area contributed by atoms with Gasteiger partial charge in [0.25, 0.3) is 5.91 Å². The molecule has 0 saturated heterocycles. The van der Waals surface area contributed by atoms with Crippen molar-refractivity contribution in [3.05, 3.63) is 30.0 Å². The number of rotatable bonds is 3. The van der Waals surface area contributed by atoms with Gasteiger partial charge in [-0.3, -0.25) is 9.89 Å². The van der Waals surface area contributed by atoms with Gasteiger partial charge in [0.05, 0.1) is 11.6 Å². The minimum atomic E-state index is -0.292. The molecule has 1 aliphatic carbocycles. The van der Waals surface area contributed by atoms with Crippen LogP contribution >= 0.6 is 0 Å². The second kappa shape index (κ2) is 5.63. The second-order valence-corrected chi connectivity index (χ2v) is 5.44. The van der Waals surface area contributed by atoms with E-state index in [1.807, 2.05) is 24.3 Å². The van der Waals surface area contributed by atoms with E-state index in [2.05, 4.69) is 15.5 Å². The number of nitrogens with one attached hydrogen (secondary N) is 2. The fourth-order valence-corrected chi connectivity index (χ4v) is 2.87. The van der Waals surface area contributed by atoms with Gasteiger partial charge in [-0.05, 0) is 18.9 Å². The molecule has 2 unspecified atom stereocenters. The third-order valence-corrected chi connectivity index (χ3v) is 4.08. The number of aromatic nitrogens is 2. The number of carbonyl (C=O) groups is 1. The Balaban J connectivity index is 1.67. The quantitative estimate of drug-likeness (QED) is 0.798. The number of amides is 1. The molecule has 3 rings (SSSR count). The molecule has 2 atom stereocenters. The summed E-state index contributed by atoms with van der Waals surface area (Å²) in [6.07, 6.45) is 3.73. The smallest absolute Gasteiger partial charge is 0.272 e. The number of aliphatic hydroxyl groups is 1. The summed E-state index contributed by atoms with van der Waals surface area (Å²) in [4.78, 5) is 12.2. The Morgan fingerprint density at radius 3 is 3.00 bits per heavy atom. The zero-order chi connectivity index (χ0) is 13.9. The molecule has 3 N–H and O–H groups in total. The van der Waals surface area contributed by atoms with Crippen LogP contribution in [-0.4, -0.2) is 33.9 Å². The van der Waals surface area contributed by atoms with E-state index in [4.69, 9.17) is 0 Å². The summed E-state index contributed by atoms with van der Waals surface area (Å²) < 4.78 is 0. The lowest BCUT2D eigenvalue weighted by atomic mass is 9.86. The first-order valence-electron chi connectivity index (χ1n) is 7.15. The van der Waals surface area contributed by atoms with E-state index in [-0.39, 0.29) is 17.9 Å². The van der Waals surface area contributed by atoms with Crippen molar-refractivity contribution in [1.82, 2.24) is 15.5 Å². The topological polar surface area (TPSA) is 78.0 Å². The molecule has 1 fully saturated rings. The monoisotopic (exact) mass is 273 g/mol. The third kappa shape index (κ3) is 2.54. The van der Waals surface area contributed by atoms with Gasteiger partial charge in [-0.15, -0.1) is 0 Å². The number of aliphatic hydroxyl groups excluding tert-OH is 1. The number of fused-ring (bicyclic) bond motifs is 1. The molecule has 5 heteroatoms. The highest BCUT2D eigenvalue weighted by Crippen LogP contribution is 2.23. The Labute approximate surface area is 117 Å². The van der Waals surface area contributed by atoms with Crippen molar-refractivity contribution in [1.29, 1.82) is 0 Å². The van der Waals surface area contributed by atoms with Crippen molar-refractivity contribution < 1.29 is 9.90 Å². The van der Waals surface area contributed by atoms with Crippen LogP contribution in [0.1, 0.15) is 36.2 Å². The minimum Gasteiger partial charge on any atom is -0.393 e. The first-order chi connectivity index (χ1) is 9.75. The molecule has 1 aromatic carbocycles. The lowest BCUT2D eigenvalue weighted by molar-refractivity contribution is 0.0662. The lowest BCUT2D eigenvalue weighted by Crippen LogP contribution is -2.36. The fraction of sp³-hybridized carbons (Fsp3) is 0.467. The predicted octanol–water partition coefficient (Wildman–Crippen LogP) is 1.84. The standard InChI is InChI=1S/C15H19N3O2/c19-13-8-4-1-5-10(13)9-16-15(20)14-11-6-2-3-7-12(11)17-18-14/h2-3,6-7,10,13,19H,1,4-5,8-9H2,(H,16,20)(H,17,18).